The molecule has 0 radical (unpaired) electrons. The van der Waals surface area contributed by atoms with E-state index in [2.05, 4.69) is 9.97 Å². The molecule has 31 heavy (non-hydrogen) atoms. The highest BCUT2D eigenvalue weighted by Crippen LogP contribution is 2.23. The van der Waals surface area contributed by atoms with Gasteiger partial charge in [0.1, 0.15) is 30.4 Å². The molecule has 0 atom stereocenters. The van der Waals surface area contributed by atoms with Gasteiger partial charge in [-0.2, -0.15) is 4.98 Å². The van der Waals surface area contributed by atoms with E-state index >= 15 is 0 Å². The van der Waals surface area contributed by atoms with Gasteiger partial charge in [-0.3, -0.25) is 13.9 Å². The van der Waals surface area contributed by atoms with E-state index in [-0.39, 0.29) is 28.9 Å². The van der Waals surface area contributed by atoms with Gasteiger partial charge in [-0.05, 0) is 37.3 Å². The molecule has 158 valence electrons. The molecule has 4 rings (SSSR count). The molecule has 0 aliphatic rings. The van der Waals surface area contributed by atoms with E-state index in [1.807, 2.05) is 0 Å². The number of primary amides is 1. The van der Waals surface area contributed by atoms with E-state index in [0.29, 0.717) is 16.7 Å². The van der Waals surface area contributed by atoms with E-state index in [9.17, 15) is 18.4 Å². The highest BCUT2D eigenvalue weighted by Gasteiger charge is 2.17. The highest BCUT2D eigenvalue weighted by molar-refractivity contribution is 6.31. The molecule has 8 nitrogen and oxygen atoms in total. The summed E-state index contributed by atoms with van der Waals surface area (Å²) in [7, 11) is 0. The molecule has 0 saturated carbocycles. The number of nitrogens with two attached hydrogens (primary N) is 1. The number of carbonyl (C=O) groups is 1. The number of nitrogens with zero attached hydrogens (tertiary/aromatic N) is 4. The van der Waals surface area contributed by atoms with Crippen LogP contribution in [0.5, 0.6) is 5.88 Å². The van der Waals surface area contributed by atoms with E-state index in [4.69, 9.17) is 22.1 Å². The Kier molecular flexibility index (Phi) is 5.15. The molecule has 0 unspecified atom stereocenters. The molecule has 0 saturated heterocycles. The van der Waals surface area contributed by atoms with Crippen LogP contribution in [0.25, 0.3) is 16.7 Å². The summed E-state index contributed by atoms with van der Waals surface area (Å²) in [5.74, 6) is -1.43. The average Bonchev–Trinajstić information content (AvgIpc) is 3.14. The minimum atomic E-state index is -0.787. The summed E-state index contributed by atoms with van der Waals surface area (Å²) in [5, 5.41) is -0.309. The van der Waals surface area contributed by atoms with Crippen molar-refractivity contribution in [3.8, 4) is 11.6 Å². The normalized spacial score (nSPS) is 11.1. The minimum absolute atomic E-state index is 0.0802. The summed E-state index contributed by atoms with van der Waals surface area (Å²) in [6, 6.07) is 7.12. The maximum Gasteiger partial charge on any atom is 0.324 e. The monoisotopic (exact) mass is 445 g/mol. The third kappa shape index (κ3) is 3.73. The van der Waals surface area contributed by atoms with Gasteiger partial charge in [0.2, 0.25) is 5.88 Å². The zero-order valence-electron chi connectivity index (χ0n) is 16.0. The fourth-order valence-electron chi connectivity index (χ4n) is 3.08. The Bertz CT molecular complexity index is 1400. The lowest BCUT2D eigenvalue weighted by Gasteiger charge is -2.13. The number of ether oxygens (including phenoxy) is 1. The van der Waals surface area contributed by atoms with Gasteiger partial charge in [-0.25, -0.2) is 18.6 Å². The van der Waals surface area contributed by atoms with Crippen LogP contribution in [0.1, 0.15) is 11.4 Å². The summed E-state index contributed by atoms with van der Waals surface area (Å²) in [6.45, 7) is 1.27. The largest absolute Gasteiger partial charge is 0.471 e. The number of aryl methyl sites for hydroxylation is 1. The van der Waals surface area contributed by atoms with Gasteiger partial charge in [0.15, 0.2) is 5.02 Å². The molecule has 4 aromatic rings. The fraction of sp³-hybridized carbons (Fsp3) is 0.100. The van der Waals surface area contributed by atoms with Crippen LogP contribution >= 0.6 is 11.6 Å². The number of amides is 1. The second-order valence-corrected chi connectivity index (χ2v) is 6.95. The van der Waals surface area contributed by atoms with Gasteiger partial charge in [0, 0.05) is 11.6 Å². The number of aromatic nitrogens is 4. The Morgan fingerprint density at radius 2 is 2.00 bits per heavy atom. The van der Waals surface area contributed by atoms with Crippen molar-refractivity contribution in [1.29, 1.82) is 0 Å². The van der Waals surface area contributed by atoms with Crippen molar-refractivity contribution >= 4 is 28.7 Å². The zero-order valence-corrected chi connectivity index (χ0v) is 16.7. The molecule has 0 aliphatic heterocycles. The average molecular weight is 446 g/mol. The lowest BCUT2D eigenvalue weighted by Crippen LogP contribution is -2.23. The fourth-order valence-corrected chi connectivity index (χ4v) is 3.26. The Labute approximate surface area is 178 Å². The SMILES string of the molecule is Cc1nc(OCc2ccc(F)cc2F)c(Cl)c(=O)n1-c1ccc2c(c1)ncn2C(N)=O. The molecule has 1 amide bonds. The second kappa shape index (κ2) is 7.80. The van der Waals surface area contributed by atoms with Gasteiger partial charge in [0.25, 0.3) is 5.56 Å². The number of halogens is 3. The van der Waals surface area contributed by atoms with Crippen LogP contribution in [0.15, 0.2) is 47.5 Å². The minimum Gasteiger partial charge on any atom is -0.471 e. The number of hydrogen-bond donors (Lipinski definition) is 1. The van der Waals surface area contributed by atoms with E-state index in [0.717, 1.165) is 12.1 Å². The molecular formula is C20H14ClF2N5O3. The first-order valence-corrected chi connectivity index (χ1v) is 9.27. The molecule has 0 aliphatic carbocycles. The summed E-state index contributed by atoms with van der Waals surface area (Å²) in [6.07, 6.45) is 1.28. The van der Waals surface area contributed by atoms with Crippen LogP contribution in [-0.4, -0.2) is 25.1 Å². The molecular weight excluding hydrogens is 432 g/mol. The lowest BCUT2D eigenvalue weighted by atomic mass is 10.2. The lowest BCUT2D eigenvalue weighted by molar-refractivity contribution is 0.251. The van der Waals surface area contributed by atoms with Crippen molar-refractivity contribution in [2.24, 2.45) is 5.73 Å². The molecule has 2 heterocycles. The first kappa shape index (κ1) is 20.5. The first-order valence-electron chi connectivity index (χ1n) is 8.89. The van der Waals surface area contributed by atoms with Crippen molar-refractivity contribution in [1.82, 2.24) is 19.1 Å². The van der Waals surface area contributed by atoms with Crippen molar-refractivity contribution in [3.05, 3.63) is 81.1 Å². The van der Waals surface area contributed by atoms with Gasteiger partial charge < -0.3 is 10.5 Å². The number of rotatable bonds is 4. The van der Waals surface area contributed by atoms with Gasteiger partial charge in [0.05, 0.1) is 16.7 Å². The first-order chi connectivity index (χ1) is 14.8. The van der Waals surface area contributed by atoms with Crippen LogP contribution in [0, 0.1) is 18.6 Å². The Balaban J connectivity index is 1.69. The quantitative estimate of drug-likeness (QED) is 0.518. The van der Waals surface area contributed by atoms with Gasteiger partial charge in [-0.15, -0.1) is 0 Å². The predicted molar refractivity (Wildman–Crippen MR) is 109 cm³/mol. The van der Waals surface area contributed by atoms with Crippen molar-refractivity contribution in [3.63, 3.8) is 0 Å². The number of fused-ring (bicyclic) bond motifs is 1. The van der Waals surface area contributed by atoms with Crippen molar-refractivity contribution < 1.29 is 18.3 Å². The topological polar surface area (TPSA) is 105 Å². The maximum atomic E-state index is 13.8. The van der Waals surface area contributed by atoms with Gasteiger partial charge in [-0.1, -0.05) is 11.6 Å². The van der Waals surface area contributed by atoms with Crippen LogP contribution in [-0.2, 0) is 6.61 Å². The standard InChI is InChI=1S/C20H14ClF2N5O3/c1-10-26-18(31-8-11-2-3-12(22)6-14(11)23)17(21)19(29)28(10)13-4-5-16-15(7-13)25-9-27(16)20(24)30/h2-7,9H,8H2,1H3,(H2,24,30). The Morgan fingerprint density at radius 3 is 2.71 bits per heavy atom. The smallest absolute Gasteiger partial charge is 0.324 e. The van der Waals surface area contributed by atoms with Gasteiger partial charge >= 0.3 is 6.03 Å². The van der Waals surface area contributed by atoms with Crippen LogP contribution in [0.4, 0.5) is 13.6 Å². The number of carbonyl (C=O) groups excluding carboxylic acids is 1. The highest BCUT2D eigenvalue weighted by atomic mass is 35.5. The maximum absolute atomic E-state index is 13.8. The molecule has 0 bridgehead atoms. The summed E-state index contributed by atoms with van der Waals surface area (Å²) in [4.78, 5) is 32.6. The Hall–Kier alpha value is -3.79. The summed E-state index contributed by atoms with van der Waals surface area (Å²) >= 11 is 6.16. The van der Waals surface area contributed by atoms with E-state index in [1.165, 1.54) is 21.5 Å². The molecule has 0 spiro atoms. The molecule has 11 heteroatoms. The number of hydrogen-bond acceptors (Lipinski definition) is 5. The second-order valence-electron chi connectivity index (χ2n) is 6.57. The number of benzene rings is 2. The predicted octanol–water partition coefficient (Wildman–Crippen LogP) is 3.33. The van der Waals surface area contributed by atoms with Crippen molar-refractivity contribution in [2.45, 2.75) is 13.5 Å². The van der Waals surface area contributed by atoms with Crippen molar-refractivity contribution in [2.75, 3.05) is 0 Å². The summed E-state index contributed by atoms with van der Waals surface area (Å²) in [5.41, 5.74) is 6.08. The Morgan fingerprint density at radius 1 is 1.23 bits per heavy atom. The van der Waals surface area contributed by atoms with Crippen LogP contribution in [0.3, 0.4) is 0 Å². The third-order valence-corrected chi connectivity index (χ3v) is 4.89. The van der Waals surface area contributed by atoms with Crippen LogP contribution < -0.4 is 16.0 Å². The van der Waals surface area contributed by atoms with E-state index in [1.54, 1.807) is 25.1 Å². The van der Waals surface area contributed by atoms with E-state index < -0.39 is 23.2 Å². The molecule has 2 N–H and O–H groups in total. The molecule has 0 fully saturated rings. The number of imidazole rings is 1. The molecule has 2 aromatic heterocycles. The zero-order chi connectivity index (χ0) is 22.3. The summed E-state index contributed by atoms with van der Waals surface area (Å²) < 4.78 is 34.7. The molecule has 2 aromatic carbocycles. The van der Waals surface area contributed by atoms with Crippen LogP contribution in [0.2, 0.25) is 5.02 Å². The third-order valence-electron chi connectivity index (χ3n) is 4.57.